The van der Waals surface area contributed by atoms with E-state index in [1.165, 1.54) is 4.90 Å². The third-order valence-electron chi connectivity index (χ3n) is 3.86. The van der Waals surface area contributed by atoms with Crippen molar-refractivity contribution in [3.8, 4) is 0 Å². The minimum absolute atomic E-state index is 0.322. The molecule has 2 aliphatic heterocycles. The Bertz CT molecular complexity index is 619. The van der Waals surface area contributed by atoms with Crippen LogP contribution in [0.2, 0.25) is 0 Å². The molecule has 0 aliphatic carbocycles. The number of hydrogen-bond acceptors (Lipinski definition) is 4. The third-order valence-corrected chi connectivity index (χ3v) is 5.46. The fraction of sp³-hybridized carbons (Fsp3) is 0.786. The van der Waals surface area contributed by atoms with Crippen LogP contribution in [0, 0.1) is 0 Å². The number of hydrogen-bond donors (Lipinski definition) is 0. The summed E-state index contributed by atoms with van der Waals surface area (Å²) >= 11 is 0. The van der Waals surface area contributed by atoms with E-state index in [1.807, 2.05) is 0 Å². The molecule has 0 spiro atoms. The summed E-state index contributed by atoms with van der Waals surface area (Å²) in [5.41, 5.74) is -6.05. The molecule has 1 fully saturated rings. The number of rotatable bonds is 1. The highest BCUT2D eigenvalue weighted by molar-refractivity contribution is 7.96. The summed E-state index contributed by atoms with van der Waals surface area (Å²) < 4.78 is 66.7. The maximum Gasteiger partial charge on any atom is 0.501 e. The van der Waals surface area contributed by atoms with E-state index in [-0.39, 0.29) is 6.42 Å². The largest absolute Gasteiger partial charge is 0.501 e. The fourth-order valence-electron chi connectivity index (χ4n) is 2.94. The number of carbonyl (C=O) groups excluding carboxylic acids is 1. The van der Waals surface area contributed by atoms with Crippen LogP contribution < -0.4 is 0 Å². The Morgan fingerprint density at radius 3 is 2.35 bits per heavy atom. The second kappa shape index (κ2) is 5.68. The van der Waals surface area contributed by atoms with Crippen molar-refractivity contribution >= 4 is 15.9 Å². The minimum atomic E-state index is -5.34. The first-order valence-corrected chi connectivity index (χ1v) is 8.84. The zero-order chi connectivity index (χ0) is 17.6. The van der Waals surface area contributed by atoms with Crippen molar-refractivity contribution in [1.82, 2.24) is 4.90 Å². The van der Waals surface area contributed by atoms with E-state index < -0.39 is 44.0 Å². The molecule has 132 valence electrons. The van der Waals surface area contributed by atoms with Crippen LogP contribution in [0.1, 0.15) is 46.5 Å². The van der Waals surface area contributed by atoms with Gasteiger partial charge in [0.05, 0.1) is 10.9 Å². The molecule has 0 unspecified atom stereocenters. The molecule has 0 N–H and O–H groups in total. The number of sulfone groups is 1. The molecule has 2 rings (SSSR count). The summed E-state index contributed by atoms with van der Waals surface area (Å²) in [7, 11) is -5.34. The van der Waals surface area contributed by atoms with Gasteiger partial charge in [0.25, 0.3) is 9.84 Å². The van der Waals surface area contributed by atoms with E-state index in [2.05, 4.69) is 0 Å². The van der Waals surface area contributed by atoms with Crippen molar-refractivity contribution < 1.29 is 31.1 Å². The predicted molar refractivity (Wildman–Crippen MR) is 77.2 cm³/mol. The first kappa shape index (κ1) is 18.1. The highest BCUT2D eigenvalue weighted by Gasteiger charge is 2.51. The number of carbonyl (C=O) groups is 1. The third kappa shape index (κ3) is 3.64. The van der Waals surface area contributed by atoms with E-state index in [0.717, 1.165) is 12.5 Å². The standard InChI is InChI=1S/C14H20F3NO4S/c1-13(2,3)22-12(19)18-9-5-4-6-10(18)8-11(7-9)23(20,21)14(15,16)17/h7,9-10H,4-6,8H2,1-3H3/t9-,10-/m1/s1. The zero-order valence-corrected chi connectivity index (χ0v) is 14.0. The van der Waals surface area contributed by atoms with E-state index in [9.17, 15) is 26.4 Å². The van der Waals surface area contributed by atoms with Gasteiger partial charge in [-0.2, -0.15) is 13.2 Å². The van der Waals surface area contributed by atoms with E-state index >= 15 is 0 Å². The van der Waals surface area contributed by atoms with Gasteiger partial charge in [-0.25, -0.2) is 13.2 Å². The Kier molecular flexibility index (Phi) is 4.47. The van der Waals surface area contributed by atoms with Gasteiger partial charge in [-0.3, -0.25) is 4.90 Å². The summed E-state index contributed by atoms with van der Waals surface area (Å²) in [6.07, 6.45) is 1.73. The highest BCUT2D eigenvalue weighted by atomic mass is 32.2. The number of piperidine rings is 1. The van der Waals surface area contributed by atoms with Crippen molar-refractivity contribution in [2.75, 3.05) is 0 Å². The van der Waals surface area contributed by atoms with E-state index in [1.54, 1.807) is 20.8 Å². The molecule has 2 atom stereocenters. The molecule has 0 aromatic rings. The smallest absolute Gasteiger partial charge is 0.444 e. The van der Waals surface area contributed by atoms with Crippen LogP contribution in [0.3, 0.4) is 0 Å². The fourth-order valence-corrected chi connectivity index (χ4v) is 3.98. The monoisotopic (exact) mass is 355 g/mol. The van der Waals surface area contributed by atoms with Crippen molar-refractivity contribution in [3.63, 3.8) is 0 Å². The molecule has 9 heteroatoms. The summed E-state index contributed by atoms with van der Waals surface area (Å²) in [5, 5.41) is 0. The maximum atomic E-state index is 12.7. The second-order valence-electron chi connectivity index (χ2n) is 6.83. The number of alkyl halides is 3. The summed E-state index contributed by atoms with van der Waals surface area (Å²) in [6.45, 7) is 5.08. The van der Waals surface area contributed by atoms with Gasteiger partial charge in [0, 0.05) is 12.5 Å². The molecule has 0 radical (unpaired) electrons. The Labute approximate surface area is 133 Å². The van der Waals surface area contributed by atoms with Gasteiger partial charge in [0.1, 0.15) is 5.60 Å². The van der Waals surface area contributed by atoms with Crippen LogP contribution >= 0.6 is 0 Å². The maximum absolute atomic E-state index is 12.7. The van der Waals surface area contributed by atoms with Gasteiger partial charge < -0.3 is 4.74 Å². The summed E-state index contributed by atoms with van der Waals surface area (Å²) in [4.78, 5) is 13.0. The lowest BCUT2D eigenvalue weighted by Gasteiger charge is -2.44. The molecule has 5 nitrogen and oxygen atoms in total. The lowest BCUT2D eigenvalue weighted by Crippen LogP contribution is -2.54. The van der Waals surface area contributed by atoms with E-state index in [0.29, 0.717) is 12.8 Å². The van der Waals surface area contributed by atoms with E-state index in [4.69, 9.17) is 4.74 Å². The lowest BCUT2D eigenvalue weighted by atomic mass is 9.89. The quantitative estimate of drug-likeness (QED) is 0.723. The zero-order valence-electron chi connectivity index (χ0n) is 13.2. The number of amides is 1. The molecular weight excluding hydrogens is 335 g/mol. The van der Waals surface area contributed by atoms with Gasteiger partial charge in [-0.15, -0.1) is 0 Å². The van der Waals surface area contributed by atoms with Crippen LogP contribution in [-0.4, -0.2) is 42.6 Å². The number of ether oxygens (including phenoxy) is 1. The molecule has 0 aromatic carbocycles. The first-order valence-electron chi connectivity index (χ1n) is 7.36. The molecule has 23 heavy (non-hydrogen) atoms. The molecule has 2 bridgehead atoms. The number of halogens is 3. The van der Waals surface area contributed by atoms with Crippen molar-refractivity contribution in [1.29, 1.82) is 0 Å². The van der Waals surface area contributed by atoms with Crippen LogP contribution in [0.25, 0.3) is 0 Å². The molecule has 1 saturated heterocycles. The predicted octanol–water partition coefficient (Wildman–Crippen LogP) is 3.37. The average Bonchev–Trinajstić information content (AvgIpc) is 2.33. The van der Waals surface area contributed by atoms with Gasteiger partial charge in [0.2, 0.25) is 0 Å². The van der Waals surface area contributed by atoms with Crippen molar-refractivity contribution in [3.05, 3.63) is 11.0 Å². The van der Waals surface area contributed by atoms with Crippen LogP contribution in [-0.2, 0) is 14.6 Å². The Morgan fingerprint density at radius 2 is 1.87 bits per heavy atom. The lowest BCUT2D eigenvalue weighted by molar-refractivity contribution is -0.0430. The molecule has 1 amide bonds. The molecular formula is C14H20F3NO4S. The van der Waals surface area contributed by atoms with Gasteiger partial charge in [-0.1, -0.05) is 0 Å². The second-order valence-corrected chi connectivity index (χ2v) is 8.82. The topological polar surface area (TPSA) is 63.7 Å². The van der Waals surface area contributed by atoms with Gasteiger partial charge in [-0.05, 0) is 46.1 Å². The van der Waals surface area contributed by atoms with Gasteiger partial charge in [0.15, 0.2) is 0 Å². The molecule has 0 aromatic heterocycles. The first-order chi connectivity index (χ1) is 10.3. The van der Waals surface area contributed by atoms with Crippen LogP contribution in [0.4, 0.5) is 18.0 Å². The number of nitrogens with zero attached hydrogens (tertiary/aromatic N) is 1. The van der Waals surface area contributed by atoms with Crippen LogP contribution in [0.5, 0.6) is 0 Å². The normalized spacial score (nSPS) is 25.8. The van der Waals surface area contributed by atoms with Crippen LogP contribution in [0.15, 0.2) is 11.0 Å². The molecule has 2 aliphatic rings. The SMILES string of the molecule is CC(C)(C)OC(=O)N1[C@@H]2CCC[C@@H]1C=C(S(=O)(=O)C(F)(F)F)C2. The number of fused-ring (bicyclic) bond motifs is 2. The molecule has 0 saturated carbocycles. The summed E-state index contributed by atoms with van der Waals surface area (Å²) in [5.74, 6) is 0. The molecule has 2 heterocycles. The van der Waals surface area contributed by atoms with Gasteiger partial charge >= 0.3 is 11.6 Å². The minimum Gasteiger partial charge on any atom is -0.444 e. The average molecular weight is 355 g/mol. The highest BCUT2D eigenvalue weighted by Crippen LogP contribution is 2.40. The van der Waals surface area contributed by atoms with Crippen molar-refractivity contribution in [2.24, 2.45) is 0 Å². The Hall–Kier alpha value is -1.25. The Morgan fingerprint density at radius 1 is 1.26 bits per heavy atom. The Balaban J connectivity index is 2.32. The van der Waals surface area contributed by atoms with Crippen molar-refractivity contribution in [2.45, 2.75) is 69.6 Å². The summed E-state index contributed by atoms with van der Waals surface area (Å²) in [6, 6.07) is -1.26.